The summed E-state index contributed by atoms with van der Waals surface area (Å²) < 4.78 is 10.8. The van der Waals surface area contributed by atoms with Gasteiger partial charge in [0, 0.05) is 43.3 Å². The first-order valence-corrected chi connectivity index (χ1v) is 10.6. The van der Waals surface area contributed by atoms with Gasteiger partial charge in [-0.25, -0.2) is 0 Å². The molecule has 0 bridgehead atoms. The van der Waals surface area contributed by atoms with Crippen LogP contribution in [-0.2, 0) is 11.3 Å². The van der Waals surface area contributed by atoms with E-state index in [0.717, 1.165) is 49.8 Å². The fourth-order valence-corrected chi connectivity index (χ4v) is 4.00. The Kier molecular flexibility index (Phi) is 7.83. The predicted octanol–water partition coefficient (Wildman–Crippen LogP) is 4.16. The zero-order valence-corrected chi connectivity index (χ0v) is 19.0. The highest BCUT2D eigenvalue weighted by Crippen LogP contribution is 2.27. The van der Waals surface area contributed by atoms with E-state index in [9.17, 15) is 4.79 Å². The Hall–Kier alpha value is -1.99. The molecule has 2 aromatic carbocycles. The second kappa shape index (κ2) is 10.4. The van der Waals surface area contributed by atoms with Crippen molar-refractivity contribution >= 4 is 34.8 Å². The van der Waals surface area contributed by atoms with Gasteiger partial charge in [0.05, 0.1) is 31.0 Å². The maximum Gasteiger partial charge on any atom is 0.241 e. The van der Waals surface area contributed by atoms with Crippen LogP contribution in [0.5, 0.6) is 11.5 Å². The Morgan fingerprint density at radius 3 is 2.43 bits per heavy atom. The van der Waals surface area contributed by atoms with E-state index in [1.54, 1.807) is 32.4 Å². The van der Waals surface area contributed by atoms with Gasteiger partial charge in [0.15, 0.2) is 0 Å². The van der Waals surface area contributed by atoms with Crippen LogP contribution in [0.4, 0.5) is 5.69 Å². The van der Waals surface area contributed by atoms with Crippen LogP contribution in [0.15, 0.2) is 36.4 Å². The van der Waals surface area contributed by atoms with Crippen molar-refractivity contribution in [3.05, 3.63) is 52.0 Å². The van der Waals surface area contributed by atoms with Crippen molar-refractivity contribution in [2.75, 3.05) is 45.7 Å². The third-order valence-electron chi connectivity index (χ3n) is 5.40. The first-order chi connectivity index (χ1) is 14.4. The molecule has 0 saturated carbocycles. The van der Waals surface area contributed by atoms with Crippen LogP contribution in [-0.4, -0.2) is 62.1 Å². The lowest BCUT2D eigenvalue weighted by Gasteiger charge is -2.37. The molecule has 6 nitrogen and oxygen atoms in total. The number of ether oxygens (including phenoxy) is 2. The van der Waals surface area contributed by atoms with Gasteiger partial charge < -0.3 is 14.8 Å². The van der Waals surface area contributed by atoms with Crippen molar-refractivity contribution in [3.8, 4) is 11.5 Å². The predicted molar refractivity (Wildman–Crippen MR) is 121 cm³/mol. The lowest BCUT2D eigenvalue weighted by molar-refractivity contribution is -0.121. The molecule has 1 aliphatic rings. The van der Waals surface area contributed by atoms with E-state index in [2.05, 4.69) is 15.1 Å². The van der Waals surface area contributed by atoms with E-state index in [-0.39, 0.29) is 11.9 Å². The van der Waals surface area contributed by atoms with Crippen molar-refractivity contribution in [1.82, 2.24) is 9.80 Å². The molecule has 1 heterocycles. The monoisotopic (exact) mass is 451 g/mol. The van der Waals surface area contributed by atoms with E-state index in [1.807, 2.05) is 25.1 Å². The lowest BCUT2D eigenvalue weighted by Crippen LogP contribution is -2.52. The van der Waals surface area contributed by atoms with Crippen LogP contribution in [0.25, 0.3) is 0 Å². The van der Waals surface area contributed by atoms with Gasteiger partial charge in [-0.15, -0.1) is 0 Å². The topological polar surface area (TPSA) is 54.0 Å². The third kappa shape index (κ3) is 5.58. The summed E-state index contributed by atoms with van der Waals surface area (Å²) in [6.07, 6.45) is 0. The van der Waals surface area contributed by atoms with Crippen molar-refractivity contribution in [3.63, 3.8) is 0 Å². The zero-order chi connectivity index (χ0) is 21.7. The second-order valence-electron chi connectivity index (χ2n) is 7.28. The summed E-state index contributed by atoms with van der Waals surface area (Å²) in [5.74, 6) is 1.59. The average molecular weight is 452 g/mol. The van der Waals surface area contributed by atoms with Gasteiger partial charge in [-0.3, -0.25) is 14.6 Å². The molecule has 0 radical (unpaired) electrons. The molecule has 1 aliphatic heterocycles. The number of amides is 1. The number of benzene rings is 2. The molecule has 1 fully saturated rings. The molecule has 1 atom stereocenters. The summed E-state index contributed by atoms with van der Waals surface area (Å²) in [5.41, 5.74) is 1.66. The molecule has 162 valence electrons. The van der Waals surface area contributed by atoms with E-state index in [4.69, 9.17) is 32.7 Å². The molecular weight excluding hydrogens is 425 g/mol. The number of halogens is 2. The van der Waals surface area contributed by atoms with E-state index in [1.165, 1.54) is 0 Å². The Morgan fingerprint density at radius 1 is 1.07 bits per heavy atom. The Balaban J connectivity index is 1.55. The highest BCUT2D eigenvalue weighted by atomic mass is 35.5. The standard InChI is InChI=1S/C22H27Cl2N3O3/c1-15(22(28)25-20-6-4-17(23)13-19(20)24)27-10-8-26(9-11-27)14-16-12-18(29-2)5-7-21(16)30-3/h4-7,12-13,15H,8-11,14H2,1-3H3,(H,25,28)/t15-/m0/s1. The largest absolute Gasteiger partial charge is 0.497 e. The molecule has 0 aliphatic carbocycles. The van der Waals surface area contributed by atoms with Crippen LogP contribution in [0.3, 0.4) is 0 Å². The minimum atomic E-state index is -0.259. The summed E-state index contributed by atoms with van der Waals surface area (Å²) in [4.78, 5) is 17.2. The van der Waals surface area contributed by atoms with E-state index >= 15 is 0 Å². The summed E-state index contributed by atoms with van der Waals surface area (Å²) in [6.45, 7) is 6.01. The first-order valence-electron chi connectivity index (χ1n) is 9.84. The second-order valence-corrected chi connectivity index (χ2v) is 8.12. The number of rotatable bonds is 7. The highest BCUT2D eigenvalue weighted by Gasteiger charge is 2.26. The van der Waals surface area contributed by atoms with Gasteiger partial charge >= 0.3 is 0 Å². The van der Waals surface area contributed by atoms with Gasteiger partial charge in [-0.1, -0.05) is 23.2 Å². The molecule has 1 amide bonds. The molecule has 30 heavy (non-hydrogen) atoms. The van der Waals surface area contributed by atoms with Crippen LogP contribution in [0.2, 0.25) is 10.0 Å². The van der Waals surface area contributed by atoms with Gasteiger partial charge in [-0.05, 0) is 43.3 Å². The number of carbonyl (C=O) groups excluding carboxylic acids is 1. The molecule has 0 aromatic heterocycles. The molecule has 0 unspecified atom stereocenters. The molecule has 8 heteroatoms. The van der Waals surface area contributed by atoms with Crippen molar-refractivity contribution in [2.24, 2.45) is 0 Å². The normalized spacial score (nSPS) is 16.2. The lowest BCUT2D eigenvalue weighted by atomic mass is 10.1. The Morgan fingerprint density at radius 2 is 1.80 bits per heavy atom. The minimum Gasteiger partial charge on any atom is -0.497 e. The van der Waals surface area contributed by atoms with Crippen molar-refractivity contribution in [2.45, 2.75) is 19.5 Å². The smallest absolute Gasteiger partial charge is 0.241 e. The number of piperazine rings is 1. The summed E-state index contributed by atoms with van der Waals surface area (Å²) >= 11 is 12.1. The van der Waals surface area contributed by atoms with Crippen LogP contribution >= 0.6 is 23.2 Å². The van der Waals surface area contributed by atoms with E-state index < -0.39 is 0 Å². The number of hydrogen-bond acceptors (Lipinski definition) is 5. The number of carbonyl (C=O) groups is 1. The Labute approximate surface area is 187 Å². The summed E-state index contributed by atoms with van der Waals surface area (Å²) in [6, 6.07) is 10.6. The maximum absolute atomic E-state index is 12.7. The molecular formula is C22H27Cl2N3O3. The number of methoxy groups -OCH3 is 2. The molecule has 1 N–H and O–H groups in total. The summed E-state index contributed by atoms with van der Waals surface area (Å²) in [7, 11) is 3.34. The number of nitrogens with zero attached hydrogens (tertiary/aromatic N) is 2. The van der Waals surface area contributed by atoms with Crippen LogP contribution < -0.4 is 14.8 Å². The third-order valence-corrected chi connectivity index (χ3v) is 5.95. The SMILES string of the molecule is COc1ccc(OC)c(CN2CCN([C@@H](C)C(=O)Nc3ccc(Cl)cc3Cl)CC2)c1. The fraction of sp³-hybridized carbons (Fsp3) is 0.409. The Bertz CT molecular complexity index is 886. The molecule has 3 rings (SSSR count). The van der Waals surface area contributed by atoms with Gasteiger partial charge in [0.25, 0.3) is 0 Å². The average Bonchev–Trinajstić information content (AvgIpc) is 2.75. The quantitative estimate of drug-likeness (QED) is 0.684. The number of anilines is 1. The molecule has 2 aromatic rings. The number of nitrogens with one attached hydrogen (secondary N) is 1. The van der Waals surface area contributed by atoms with Gasteiger partial charge in [0.2, 0.25) is 5.91 Å². The van der Waals surface area contributed by atoms with E-state index in [0.29, 0.717) is 15.7 Å². The van der Waals surface area contributed by atoms with Crippen molar-refractivity contribution in [1.29, 1.82) is 0 Å². The maximum atomic E-state index is 12.7. The first kappa shape index (κ1) is 22.7. The zero-order valence-electron chi connectivity index (χ0n) is 17.5. The van der Waals surface area contributed by atoms with Crippen molar-refractivity contribution < 1.29 is 14.3 Å². The molecule has 0 spiro atoms. The highest BCUT2D eigenvalue weighted by molar-refractivity contribution is 6.36. The number of hydrogen-bond donors (Lipinski definition) is 1. The fourth-order valence-electron chi connectivity index (χ4n) is 3.55. The molecule has 1 saturated heterocycles. The summed E-state index contributed by atoms with van der Waals surface area (Å²) in [5, 5.41) is 3.87. The van der Waals surface area contributed by atoms with Crippen LogP contribution in [0, 0.1) is 0 Å². The minimum absolute atomic E-state index is 0.0814. The van der Waals surface area contributed by atoms with Gasteiger partial charge in [-0.2, -0.15) is 0 Å². The van der Waals surface area contributed by atoms with Gasteiger partial charge in [0.1, 0.15) is 11.5 Å². The van der Waals surface area contributed by atoms with Crippen LogP contribution in [0.1, 0.15) is 12.5 Å².